The molecule has 1 aliphatic rings. The first-order valence-electron chi connectivity index (χ1n) is 6.89. The minimum absolute atomic E-state index is 0.0156. The third-order valence-electron chi connectivity index (χ3n) is 3.87. The van der Waals surface area contributed by atoms with Crippen molar-refractivity contribution in [2.45, 2.75) is 51.5 Å². The van der Waals surface area contributed by atoms with Gasteiger partial charge in [-0.25, -0.2) is 0 Å². The van der Waals surface area contributed by atoms with E-state index < -0.39 is 0 Å². The first-order valence-corrected chi connectivity index (χ1v) is 7.27. The number of hydrogen-bond acceptors (Lipinski definition) is 1. The van der Waals surface area contributed by atoms with Crippen LogP contribution in [0.25, 0.3) is 0 Å². The van der Waals surface area contributed by atoms with E-state index in [1.807, 2.05) is 12.1 Å². The second kappa shape index (κ2) is 6.40. The highest BCUT2D eigenvalue weighted by Crippen LogP contribution is 2.31. The summed E-state index contributed by atoms with van der Waals surface area (Å²) in [6, 6.07) is 6.04. The van der Waals surface area contributed by atoms with Gasteiger partial charge in [0.05, 0.1) is 6.04 Å². The highest BCUT2D eigenvalue weighted by Gasteiger charge is 2.15. The summed E-state index contributed by atoms with van der Waals surface area (Å²) in [5.74, 6) is 0. The van der Waals surface area contributed by atoms with E-state index in [-0.39, 0.29) is 6.04 Å². The normalized spacial score (nSPS) is 21.6. The van der Waals surface area contributed by atoms with Crippen LogP contribution in [0.1, 0.15) is 55.7 Å². The monoisotopic (exact) mass is 263 g/mol. The Hall–Kier alpha value is -0.790. The summed E-state index contributed by atoms with van der Waals surface area (Å²) in [5, 5.41) is 0.814. The lowest BCUT2D eigenvalue weighted by Crippen LogP contribution is -2.15. The zero-order valence-corrected chi connectivity index (χ0v) is 11.8. The Morgan fingerprint density at radius 2 is 1.94 bits per heavy atom. The van der Waals surface area contributed by atoms with E-state index in [0.29, 0.717) is 0 Å². The molecule has 0 amide bonds. The molecule has 1 atom stereocenters. The maximum absolute atomic E-state index is 6.43. The van der Waals surface area contributed by atoms with Crippen molar-refractivity contribution in [1.29, 1.82) is 0 Å². The highest BCUT2D eigenvalue weighted by atomic mass is 35.5. The molecule has 0 saturated heterocycles. The molecule has 0 bridgehead atoms. The molecule has 98 valence electrons. The summed E-state index contributed by atoms with van der Waals surface area (Å²) < 4.78 is 0. The lowest BCUT2D eigenvalue weighted by molar-refractivity contribution is 0.602. The molecule has 1 aromatic carbocycles. The minimum atomic E-state index is 0.0156. The second-order valence-corrected chi connectivity index (χ2v) is 5.57. The number of benzene rings is 1. The molecule has 0 saturated carbocycles. The Morgan fingerprint density at radius 1 is 1.17 bits per heavy atom. The Morgan fingerprint density at radius 3 is 2.78 bits per heavy atom. The zero-order valence-electron chi connectivity index (χ0n) is 11.1. The van der Waals surface area contributed by atoms with Crippen LogP contribution in [0.4, 0.5) is 0 Å². The van der Waals surface area contributed by atoms with E-state index in [4.69, 9.17) is 17.3 Å². The zero-order chi connectivity index (χ0) is 13.0. The minimum Gasteiger partial charge on any atom is -0.321 e. The van der Waals surface area contributed by atoms with Crippen LogP contribution in [-0.4, -0.2) is 0 Å². The van der Waals surface area contributed by atoms with Gasteiger partial charge in [-0.05, 0) is 49.8 Å². The van der Waals surface area contributed by atoms with E-state index in [0.717, 1.165) is 17.0 Å². The summed E-state index contributed by atoms with van der Waals surface area (Å²) in [6.07, 6.45) is 9.90. The molecule has 1 nitrogen and oxygen atoms in total. The third-order valence-corrected chi connectivity index (χ3v) is 4.28. The molecule has 0 heterocycles. The molecule has 0 aliphatic heterocycles. The van der Waals surface area contributed by atoms with Crippen LogP contribution in [0, 0.1) is 6.92 Å². The SMILES string of the molecule is Cc1c(Cl)cccc1C(N)/C1=C/CCCCCC1. The van der Waals surface area contributed by atoms with E-state index >= 15 is 0 Å². The molecule has 2 rings (SSSR count). The number of allylic oxidation sites excluding steroid dienone is 1. The van der Waals surface area contributed by atoms with Crippen LogP contribution in [0.3, 0.4) is 0 Å². The van der Waals surface area contributed by atoms with Gasteiger partial charge < -0.3 is 5.73 Å². The molecule has 0 aromatic heterocycles. The molecule has 2 N–H and O–H groups in total. The maximum Gasteiger partial charge on any atom is 0.0514 e. The quantitative estimate of drug-likeness (QED) is 0.753. The van der Waals surface area contributed by atoms with Gasteiger partial charge in [0.25, 0.3) is 0 Å². The van der Waals surface area contributed by atoms with Crippen LogP contribution >= 0.6 is 11.6 Å². The molecule has 1 aliphatic carbocycles. The summed E-state index contributed by atoms with van der Waals surface area (Å²) in [6.45, 7) is 2.06. The van der Waals surface area contributed by atoms with Gasteiger partial charge in [0, 0.05) is 5.02 Å². The summed E-state index contributed by atoms with van der Waals surface area (Å²) in [5.41, 5.74) is 10.1. The van der Waals surface area contributed by atoms with E-state index in [1.54, 1.807) is 0 Å². The first kappa shape index (κ1) is 13.6. The Labute approximate surface area is 115 Å². The Balaban J connectivity index is 2.23. The van der Waals surface area contributed by atoms with Gasteiger partial charge in [-0.15, -0.1) is 0 Å². The average Bonchev–Trinajstić information content (AvgIpc) is 2.31. The first-order chi connectivity index (χ1) is 8.70. The van der Waals surface area contributed by atoms with Crippen molar-refractivity contribution in [3.8, 4) is 0 Å². The van der Waals surface area contributed by atoms with Crippen LogP contribution < -0.4 is 5.73 Å². The van der Waals surface area contributed by atoms with Gasteiger partial charge in [-0.2, -0.15) is 0 Å². The average molecular weight is 264 g/mol. The van der Waals surface area contributed by atoms with E-state index in [1.165, 1.54) is 43.2 Å². The molecule has 2 heteroatoms. The standard InChI is InChI=1S/C16H22ClN/c1-12-14(10-7-11-15(12)17)16(18)13-8-5-3-2-4-6-9-13/h7-8,10-11,16H,2-6,9,18H2,1H3/b13-8+. The van der Waals surface area contributed by atoms with Crippen molar-refractivity contribution in [2.75, 3.05) is 0 Å². The van der Waals surface area contributed by atoms with Gasteiger partial charge in [0.15, 0.2) is 0 Å². The molecular formula is C16H22ClN. The number of rotatable bonds is 2. The van der Waals surface area contributed by atoms with Gasteiger partial charge in [0.1, 0.15) is 0 Å². The fourth-order valence-corrected chi connectivity index (χ4v) is 2.84. The smallest absolute Gasteiger partial charge is 0.0514 e. The van der Waals surface area contributed by atoms with Crippen molar-refractivity contribution in [3.05, 3.63) is 46.0 Å². The van der Waals surface area contributed by atoms with Gasteiger partial charge in [-0.1, -0.05) is 48.2 Å². The van der Waals surface area contributed by atoms with E-state index in [2.05, 4.69) is 19.1 Å². The van der Waals surface area contributed by atoms with Gasteiger partial charge in [-0.3, -0.25) is 0 Å². The van der Waals surface area contributed by atoms with Crippen LogP contribution in [0.2, 0.25) is 5.02 Å². The van der Waals surface area contributed by atoms with Crippen molar-refractivity contribution < 1.29 is 0 Å². The summed E-state index contributed by atoms with van der Waals surface area (Å²) >= 11 is 6.18. The summed E-state index contributed by atoms with van der Waals surface area (Å²) in [7, 11) is 0. The van der Waals surface area contributed by atoms with Crippen molar-refractivity contribution >= 4 is 11.6 Å². The Kier molecular flexibility index (Phi) is 4.85. The Bertz CT molecular complexity index is 437. The van der Waals surface area contributed by atoms with Crippen LogP contribution in [0.5, 0.6) is 0 Å². The largest absolute Gasteiger partial charge is 0.321 e. The maximum atomic E-state index is 6.43. The molecule has 0 radical (unpaired) electrons. The highest BCUT2D eigenvalue weighted by molar-refractivity contribution is 6.31. The topological polar surface area (TPSA) is 26.0 Å². The third kappa shape index (κ3) is 3.15. The molecular weight excluding hydrogens is 242 g/mol. The van der Waals surface area contributed by atoms with Gasteiger partial charge in [0.2, 0.25) is 0 Å². The van der Waals surface area contributed by atoms with Crippen LogP contribution in [-0.2, 0) is 0 Å². The van der Waals surface area contributed by atoms with E-state index in [9.17, 15) is 0 Å². The summed E-state index contributed by atoms with van der Waals surface area (Å²) in [4.78, 5) is 0. The molecule has 18 heavy (non-hydrogen) atoms. The van der Waals surface area contributed by atoms with Gasteiger partial charge >= 0.3 is 0 Å². The predicted octanol–water partition coefficient (Wildman–Crippen LogP) is 4.93. The predicted molar refractivity (Wildman–Crippen MR) is 78.9 cm³/mol. The lowest BCUT2D eigenvalue weighted by atomic mass is 9.90. The fraction of sp³-hybridized carbons (Fsp3) is 0.500. The molecule has 0 spiro atoms. The molecule has 1 unspecified atom stereocenters. The molecule has 1 aromatic rings. The van der Waals surface area contributed by atoms with Crippen LogP contribution in [0.15, 0.2) is 29.8 Å². The number of hydrogen-bond donors (Lipinski definition) is 1. The number of halogens is 1. The van der Waals surface area contributed by atoms with Crippen molar-refractivity contribution in [2.24, 2.45) is 5.73 Å². The lowest BCUT2D eigenvalue weighted by Gasteiger charge is -2.21. The molecule has 0 fully saturated rings. The number of nitrogens with two attached hydrogens (primary N) is 1. The second-order valence-electron chi connectivity index (χ2n) is 5.16. The fourth-order valence-electron chi connectivity index (χ4n) is 2.66. The van der Waals surface area contributed by atoms with Crippen molar-refractivity contribution in [3.63, 3.8) is 0 Å². The van der Waals surface area contributed by atoms with Crippen molar-refractivity contribution in [1.82, 2.24) is 0 Å².